The van der Waals surface area contributed by atoms with Crippen LogP contribution in [0, 0.1) is 6.92 Å². The molecule has 0 saturated carbocycles. The first kappa shape index (κ1) is 20.7. The van der Waals surface area contributed by atoms with E-state index in [9.17, 15) is 14.4 Å². The summed E-state index contributed by atoms with van der Waals surface area (Å²) in [5.74, 6) is -0.817. The summed E-state index contributed by atoms with van der Waals surface area (Å²) in [6.45, 7) is 2.47. The predicted molar refractivity (Wildman–Crippen MR) is 112 cm³/mol. The summed E-state index contributed by atoms with van der Waals surface area (Å²) in [7, 11) is 3.97. The van der Waals surface area contributed by atoms with Crippen LogP contribution < -0.4 is 5.32 Å². The second kappa shape index (κ2) is 9.01. The quantitative estimate of drug-likeness (QED) is 0.699. The maximum atomic E-state index is 12.5. The summed E-state index contributed by atoms with van der Waals surface area (Å²) in [4.78, 5) is 40.5. The molecule has 3 rings (SSSR count). The number of hydrogen-bond donors (Lipinski definition) is 1. The Labute approximate surface area is 171 Å². The van der Waals surface area contributed by atoms with Crippen molar-refractivity contribution in [2.45, 2.75) is 25.8 Å². The van der Waals surface area contributed by atoms with Gasteiger partial charge >= 0.3 is 0 Å². The van der Waals surface area contributed by atoms with Crippen molar-refractivity contribution in [2.75, 3.05) is 27.2 Å². The van der Waals surface area contributed by atoms with Crippen molar-refractivity contribution < 1.29 is 14.4 Å². The Bertz CT molecular complexity index is 909. The monoisotopic (exact) mass is 393 g/mol. The summed E-state index contributed by atoms with van der Waals surface area (Å²) >= 11 is 0. The number of imide groups is 1. The average Bonchev–Trinajstić information content (AvgIpc) is 2.93. The van der Waals surface area contributed by atoms with Crippen LogP contribution in [-0.4, -0.2) is 60.7 Å². The number of rotatable bonds is 8. The second-order valence-corrected chi connectivity index (χ2v) is 7.67. The third kappa shape index (κ3) is 4.90. The highest BCUT2D eigenvalue weighted by molar-refractivity contribution is 6.21. The molecule has 0 saturated heterocycles. The van der Waals surface area contributed by atoms with Gasteiger partial charge in [-0.3, -0.25) is 19.3 Å². The lowest BCUT2D eigenvalue weighted by atomic mass is 10.1. The van der Waals surface area contributed by atoms with Gasteiger partial charge in [-0.05, 0) is 45.1 Å². The van der Waals surface area contributed by atoms with Gasteiger partial charge in [-0.15, -0.1) is 0 Å². The van der Waals surface area contributed by atoms with Crippen LogP contribution in [-0.2, 0) is 11.2 Å². The smallest absolute Gasteiger partial charge is 0.261 e. The topological polar surface area (TPSA) is 69.7 Å². The van der Waals surface area contributed by atoms with Crippen molar-refractivity contribution in [1.29, 1.82) is 0 Å². The van der Waals surface area contributed by atoms with Crippen LogP contribution in [0.4, 0.5) is 0 Å². The molecule has 29 heavy (non-hydrogen) atoms. The maximum Gasteiger partial charge on any atom is 0.261 e. The molecule has 0 bridgehead atoms. The number of fused-ring (bicyclic) bond motifs is 1. The largest absolute Gasteiger partial charge is 0.354 e. The highest BCUT2D eigenvalue weighted by atomic mass is 16.2. The molecule has 2 aromatic carbocycles. The van der Waals surface area contributed by atoms with Crippen LogP contribution in [0.15, 0.2) is 48.5 Å². The lowest BCUT2D eigenvalue weighted by Crippen LogP contribution is -2.42. The minimum atomic E-state index is -0.326. The van der Waals surface area contributed by atoms with Gasteiger partial charge in [0.25, 0.3) is 11.8 Å². The number of hydrogen-bond acceptors (Lipinski definition) is 4. The van der Waals surface area contributed by atoms with E-state index in [1.807, 2.05) is 45.3 Å². The molecule has 0 spiro atoms. The first-order valence-electron chi connectivity index (χ1n) is 9.80. The molecule has 1 N–H and O–H groups in total. The molecule has 1 atom stereocenters. The number of amides is 3. The van der Waals surface area contributed by atoms with Crippen LogP contribution >= 0.6 is 0 Å². The summed E-state index contributed by atoms with van der Waals surface area (Å²) in [5, 5.41) is 2.94. The Hall–Kier alpha value is -2.99. The lowest BCUT2D eigenvalue weighted by Gasteiger charge is -2.25. The average molecular weight is 393 g/mol. The molecule has 0 radical (unpaired) electrons. The van der Waals surface area contributed by atoms with Crippen LogP contribution in [0.5, 0.6) is 0 Å². The van der Waals surface area contributed by atoms with E-state index in [2.05, 4.69) is 22.3 Å². The van der Waals surface area contributed by atoms with Gasteiger partial charge in [-0.25, -0.2) is 0 Å². The van der Waals surface area contributed by atoms with Gasteiger partial charge in [-0.2, -0.15) is 0 Å². The number of nitrogens with zero attached hydrogens (tertiary/aromatic N) is 2. The van der Waals surface area contributed by atoms with E-state index < -0.39 is 0 Å². The fraction of sp³-hybridized carbons (Fsp3) is 0.348. The van der Waals surface area contributed by atoms with Gasteiger partial charge < -0.3 is 10.2 Å². The molecule has 1 aliphatic rings. The number of benzene rings is 2. The van der Waals surface area contributed by atoms with E-state index in [1.165, 1.54) is 5.56 Å². The SMILES string of the molecule is Cc1ccc2c(c1)C(=O)N(CCC(=O)NCC(Cc1ccccc1)N(C)C)C2=O. The molecule has 0 aliphatic carbocycles. The van der Waals surface area contributed by atoms with E-state index in [0.717, 1.165) is 16.9 Å². The zero-order valence-electron chi connectivity index (χ0n) is 17.1. The Morgan fingerprint density at radius 2 is 1.72 bits per heavy atom. The van der Waals surface area contributed by atoms with Gasteiger partial charge in [0.05, 0.1) is 11.1 Å². The van der Waals surface area contributed by atoms with Gasteiger partial charge in [0, 0.05) is 25.6 Å². The molecule has 6 heteroatoms. The van der Waals surface area contributed by atoms with Gasteiger partial charge in [0.1, 0.15) is 0 Å². The first-order chi connectivity index (χ1) is 13.9. The van der Waals surface area contributed by atoms with Crippen LogP contribution in [0.3, 0.4) is 0 Å². The molecule has 1 heterocycles. The number of aryl methyl sites for hydroxylation is 1. The Kier molecular flexibility index (Phi) is 6.44. The van der Waals surface area contributed by atoms with Crippen LogP contribution in [0.1, 0.15) is 38.3 Å². The third-order valence-electron chi connectivity index (χ3n) is 5.27. The summed E-state index contributed by atoms with van der Waals surface area (Å²) < 4.78 is 0. The summed E-state index contributed by atoms with van der Waals surface area (Å²) in [5.41, 5.74) is 2.97. The highest BCUT2D eigenvalue weighted by Gasteiger charge is 2.35. The van der Waals surface area contributed by atoms with E-state index in [4.69, 9.17) is 0 Å². The molecule has 2 aromatic rings. The maximum absolute atomic E-state index is 12.5. The molecule has 0 fully saturated rings. The second-order valence-electron chi connectivity index (χ2n) is 7.67. The van der Waals surface area contributed by atoms with Gasteiger partial charge in [0.2, 0.25) is 5.91 Å². The Morgan fingerprint density at radius 1 is 1.03 bits per heavy atom. The lowest BCUT2D eigenvalue weighted by molar-refractivity contribution is -0.121. The minimum Gasteiger partial charge on any atom is -0.354 e. The van der Waals surface area contributed by atoms with E-state index in [1.54, 1.807) is 12.1 Å². The van der Waals surface area contributed by atoms with Crippen molar-refractivity contribution in [2.24, 2.45) is 0 Å². The zero-order valence-corrected chi connectivity index (χ0v) is 17.1. The van der Waals surface area contributed by atoms with Crippen molar-refractivity contribution in [3.8, 4) is 0 Å². The Balaban J connectivity index is 1.52. The molecule has 0 aromatic heterocycles. The van der Waals surface area contributed by atoms with E-state index in [0.29, 0.717) is 17.7 Å². The molecule has 1 unspecified atom stereocenters. The molecule has 152 valence electrons. The molecule has 3 amide bonds. The molecule has 1 aliphatic heterocycles. The van der Waals surface area contributed by atoms with Crippen molar-refractivity contribution >= 4 is 17.7 Å². The minimum absolute atomic E-state index is 0.0859. The van der Waals surface area contributed by atoms with Crippen LogP contribution in [0.25, 0.3) is 0 Å². The number of carbonyl (C=O) groups is 3. The molecular formula is C23H27N3O3. The van der Waals surface area contributed by atoms with Gasteiger partial charge in [-0.1, -0.05) is 42.0 Å². The summed E-state index contributed by atoms with van der Waals surface area (Å²) in [6.07, 6.45) is 0.918. The van der Waals surface area contributed by atoms with E-state index in [-0.39, 0.29) is 36.7 Å². The van der Waals surface area contributed by atoms with Crippen molar-refractivity contribution in [3.05, 3.63) is 70.8 Å². The number of likely N-dealkylation sites (N-methyl/N-ethyl adjacent to an activating group) is 1. The fourth-order valence-electron chi connectivity index (χ4n) is 3.46. The normalized spacial score (nSPS) is 14.3. The summed E-state index contributed by atoms with van der Waals surface area (Å²) in [6, 6.07) is 15.5. The van der Waals surface area contributed by atoms with Crippen molar-refractivity contribution in [1.82, 2.24) is 15.1 Å². The zero-order chi connectivity index (χ0) is 21.0. The highest BCUT2D eigenvalue weighted by Crippen LogP contribution is 2.23. The number of nitrogens with one attached hydrogen (secondary N) is 1. The van der Waals surface area contributed by atoms with Crippen LogP contribution in [0.2, 0.25) is 0 Å². The first-order valence-corrected chi connectivity index (χ1v) is 9.80. The fourth-order valence-corrected chi connectivity index (χ4v) is 3.46. The van der Waals surface area contributed by atoms with Gasteiger partial charge in [0.15, 0.2) is 0 Å². The third-order valence-corrected chi connectivity index (χ3v) is 5.27. The number of carbonyl (C=O) groups excluding carboxylic acids is 3. The van der Waals surface area contributed by atoms with E-state index >= 15 is 0 Å². The predicted octanol–water partition coefficient (Wildman–Crippen LogP) is 2.27. The van der Waals surface area contributed by atoms with Crippen molar-refractivity contribution in [3.63, 3.8) is 0 Å². The molecular weight excluding hydrogens is 366 g/mol. The Morgan fingerprint density at radius 3 is 2.41 bits per heavy atom. The standard InChI is InChI=1S/C23H27N3O3/c1-16-9-10-19-20(13-16)23(29)26(22(19)28)12-11-21(27)24-15-18(25(2)3)14-17-7-5-4-6-8-17/h4-10,13,18H,11-12,14-15H2,1-3H3,(H,24,27). The molecule has 6 nitrogen and oxygen atoms in total.